The molecule has 27 heavy (non-hydrogen) atoms. The molecule has 1 fully saturated rings. The zero-order valence-electron chi connectivity index (χ0n) is 14.4. The lowest BCUT2D eigenvalue weighted by Gasteiger charge is -2.32. The highest BCUT2D eigenvalue weighted by atomic mass is 32.1. The fourth-order valence-electron chi connectivity index (χ4n) is 3.32. The molecule has 140 valence electrons. The molecular weight excluding hydrogens is 372 g/mol. The fourth-order valence-corrected chi connectivity index (χ4v) is 3.96. The van der Waals surface area contributed by atoms with Crippen molar-refractivity contribution < 1.29 is 18.1 Å². The summed E-state index contributed by atoms with van der Waals surface area (Å²) in [5, 5.41) is 7.92. The van der Waals surface area contributed by atoms with Gasteiger partial charge in [-0.3, -0.25) is 4.79 Å². The molecule has 1 aliphatic heterocycles. The second-order valence-corrected chi connectivity index (χ2v) is 7.40. The monoisotopic (exact) mass is 389 g/mol. The molecule has 3 aromatic rings. The average molecular weight is 389 g/mol. The topological polar surface area (TPSA) is 59.2 Å². The number of carbonyl (C=O) groups excluding carboxylic acids is 1. The highest BCUT2D eigenvalue weighted by Gasteiger charge is 2.26. The summed E-state index contributed by atoms with van der Waals surface area (Å²) >= 11 is 1.57. The Morgan fingerprint density at radius 2 is 2.19 bits per heavy atom. The van der Waals surface area contributed by atoms with Gasteiger partial charge in [-0.15, -0.1) is 0 Å². The van der Waals surface area contributed by atoms with E-state index in [-0.39, 0.29) is 17.4 Å². The summed E-state index contributed by atoms with van der Waals surface area (Å²) in [5.41, 5.74) is 1.08. The molecule has 1 aromatic carbocycles. The van der Waals surface area contributed by atoms with Crippen LogP contribution in [-0.2, 0) is 6.42 Å². The minimum atomic E-state index is -1.01. The van der Waals surface area contributed by atoms with Crippen LogP contribution in [0.25, 0.3) is 11.4 Å². The van der Waals surface area contributed by atoms with Gasteiger partial charge in [0.25, 0.3) is 5.91 Å². The number of piperidine rings is 1. The zero-order chi connectivity index (χ0) is 18.8. The molecule has 0 N–H and O–H groups in total. The molecule has 0 radical (unpaired) electrons. The van der Waals surface area contributed by atoms with E-state index >= 15 is 0 Å². The van der Waals surface area contributed by atoms with Gasteiger partial charge in [0.2, 0.25) is 11.7 Å². The summed E-state index contributed by atoms with van der Waals surface area (Å²) in [6, 6.07) is 5.18. The molecule has 0 saturated carbocycles. The van der Waals surface area contributed by atoms with Gasteiger partial charge in [0.15, 0.2) is 11.6 Å². The Bertz CT molecular complexity index is 942. The smallest absolute Gasteiger partial charge is 0.253 e. The molecule has 0 bridgehead atoms. The minimum Gasteiger partial charge on any atom is -0.339 e. The van der Waals surface area contributed by atoms with E-state index in [2.05, 4.69) is 10.1 Å². The van der Waals surface area contributed by atoms with Crippen LogP contribution >= 0.6 is 11.3 Å². The molecule has 0 aliphatic carbocycles. The fraction of sp³-hybridized carbons (Fsp3) is 0.316. The predicted molar refractivity (Wildman–Crippen MR) is 96.3 cm³/mol. The SMILES string of the molecule is O=C(c1ccc(F)c(F)c1)N1CCCC(Cc2nc(-c3ccsc3)no2)C1. The Balaban J connectivity index is 1.42. The Morgan fingerprint density at radius 3 is 2.96 bits per heavy atom. The normalized spacial score (nSPS) is 17.3. The summed E-state index contributed by atoms with van der Waals surface area (Å²) in [7, 11) is 0. The molecule has 8 heteroatoms. The first-order valence-electron chi connectivity index (χ1n) is 8.69. The van der Waals surface area contributed by atoms with Crippen LogP contribution in [0, 0.1) is 17.6 Å². The summed E-state index contributed by atoms with van der Waals surface area (Å²) in [6.07, 6.45) is 2.36. The van der Waals surface area contributed by atoms with Gasteiger partial charge in [-0.25, -0.2) is 8.78 Å². The Hall–Kier alpha value is -2.61. The highest BCUT2D eigenvalue weighted by Crippen LogP contribution is 2.24. The number of likely N-dealkylation sites (tertiary alicyclic amines) is 1. The lowest BCUT2D eigenvalue weighted by atomic mass is 9.94. The Labute approximate surface area is 158 Å². The van der Waals surface area contributed by atoms with Crippen LogP contribution in [0.4, 0.5) is 8.78 Å². The maximum Gasteiger partial charge on any atom is 0.253 e. The van der Waals surface area contributed by atoms with Crippen molar-refractivity contribution >= 4 is 17.2 Å². The first-order chi connectivity index (χ1) is 13.1. The van der Waals surface area contributed by atoms with Gasteiger partial charge in [0, 0.05) is 36.0 Å². The van der Waals surface area contributed by atoms with E-state index < -0.39 is 11.6 Å². The third-order valence-corrected chi connectivity index (χ3v) is 5.37. The van der Waals surface area contributed by atoms with Crippen molar-refractivity contribution in [2.75, 3.05) is 13.1 Å². The third kappa shape index (κ3) is 3.90. The molecule has 1 amide bonds. The number of hydrogen-bond donors (Lipinski definition) is 0. The van der Waals surface area contributed by atoms with Crippen molar-refractivity contribution in [2.24, 2.45) is 5.92 Å². The molecule has 5 nitrogen and oxygen atoms in total. The van der Waals surface area contributed by atoms with Crippen LogP contribution in [0.3, 0.4) is 0 Å². The molecule has 1 aliphatic rings. The molecule has 1 atom stereocenters. The van der Waals surface area contributed by atoms with Crippen molar-refractivity contribution in [3.63, 3.8) is 0 Å². The van der Waals surface area contributed by atoms with Crippen LogP contribution in [0.5, 0.6) is 0 Å². The molecule has 0 spiro atoms. The predicted octanol–water partition coefficient (Wildman–Crippen LogP) is 4.17. The first-order valence-corrected chi connectivity index (χ1v) is 9.64. The second-order valence-electron chi connectivity index (χ2n) is 6.62. The van der Waals surface area contributed by atoms with E-state index in [1.807, 2.05) is 16.8 Å². The summed E-state index contributed by atoms with van der Waals surface area (Å²) in [5.74, 6) is -0.964. The summed E-state index contributed by atoms with van der Waals surface area (Å²) in [6.45, 7) is 1.12. The minimum absolute atomic E-state index is 0.159. The lowest BCUT2D eigenvalue weighted by Crippen LogP contribution is -2.40. The van der Waals surface area contributed by atoms with Crippen LogP contribution in [0.1, 0.15) is 29.1 Å². The van der Waals surface area contributed by atoms with Crippen LogP contribution in [0.15, 0.2) is 39.5 Å². The molecule has 1 unspecified atom stereocenters. The van der Waals surface area contributed by atoms with Gasteiger partial charge in [-0.1, -0.05) is 5.16 Å². The molecule has 2 aromatic heterocycles. The number of hydrogen-bond acceptors (Lipinski definition) is 5. The number of benzene rings is 1. The average Bonchev–Trinajstić information content (AvgIpc) is 3.35. The zero-order valence-corrected chi connectivity index (χ0v) is 15.2. The Morgan fingerprint density at radius 1 is 1.30 bits per heavy atom. The van der Waals surface area contributed by atoms with Crippen molar-refractivity contribution in [1.82, 2.24) is 15.0 Å². The van der Waals surface area contributed by atoms with E-state index in [0.29, 0.717) is 31.2 Å². The van der Waals surface area contributed by atoms with Crippen LogP contribution < -0.4 is 0 Å². The largest absolute Gasteiger partial charge is 0.339 e. The molecular formula is C19H17F2N3O2S. The van der Waals surface area contributed by atoms with E-state index in [1.54, 1.807) is 16.2 Å². The number of rotatable bonds is 4. The highest BCUT2D eigenvalue weighted by molar-refractivity contribution is 7.08. The maximum atomic E-state index is 13.4. The van der Waals surface area contributed by atoms with Crippen LogP contribution in [0.2, 0.25) is 0 Å². The number of carbonyl (C=O) groups is 1. The summed E-state index contributed by atoms with van der Waals surface area (Å²) in [4.78, 5) is 18.7. The standard InChI is InChI=1S/C19H17F2N3O2S/c20-15-4-3-13(9-16(15)21)19(25)24-6-1-2-12(10-24)8-17-22-18(23-26-17)14-5-7-27-11-14/h3-5,7,9,11-12H,1-2,6,8,10H2. The van der Waals surface area contributed by atoms with E-state index in [1.165, 1.54) is 6.07 Å². The van der Waals surface area contributed by atoms with Crippen molar-refractivity contribution in [3.8, 4) is 11.4 Å². The van der Waals surface area contributed by atoms with Gasteiger partial charge in [-0.05, 0) is 48.4 Å². The van der Waals surface area contributed by atoms with Gasteiger partial charge < -0.3 is 9.42 Å². The van der Waals surface area contributed by atoms with Crippen LogP contribution in [-0.4, -0.2) is 34.0 Å². The number of amides is 1. The Kier molecular flexibility index (Phi) is 4.98. The lowest BCUT2D eigenvalue weighted by molar-refractivity contribution is 0.0667. The third-order valence-electron chi connectivity index (χ3n) is 4.68. The number of aromatic nitrogens is 2. The maximum absolute atomic E-state index is 13.4. The van der Waals surface area contributed by atoms with E-state index in [4.69, 9.17) is 4.52 Å². The molecule has 3 heterocycles. The molecule has 4 rings (SSSR count). The molecule has 1 saturated heterocycles. The first kappa shape index (κ1) is 17.8. The van der Waals surface area contributed by atoms with E-state index in [9.17, 15) is 13.6 Å². The van der Waals surface area contributed by atoms with E-state index in [0.717, 1.165) is 30.5 Å². The van der Waals surface area contributed by atoms with Gasteiger partial charge >= 0.3 is 0 Å². The number of halogens is 2. The van der Waals surface area contributed by atoms with Crippen molar-refractivity contribution in [3.05, 3.63) is 58.1 Å². The summed E-state index contributed by atoms with van der Waals surface area (Å²) < 4.78 is 31.9. The van der Waals surface area contributed by atoms with Gasteiger partial charge in [0.1, 0.15) is 0 Å². The second kappa shape index (κ2) is 7.56. The van der Waals surface area contributed by atoms with Crippen molar-refractivity contribution in [2.45, 2.75) is 19.3 Å². The number of thiophene rings is 1. The van der Waals surface area contributed by atoms with Gasteiger partial charge in [-0.2, -0.15) is 16.3 Å². The van der Waals surface area contributed by atoms with Crippen molar-refractivity contribution in [1.29, 1.82) is 0 Å². The number of nitrogens with zero attached hydrogens (tertiary/aromatic N) is 3. The van der Waals surface area contributed by atoms with Gasteiger partial charge in [0.05, 0.1) is 0 Å². The quantitative estimate of drug-likeness (QED) is 0.672.